The Hall–Kier alpha value is -2.49. The van der Waals surface area contributed by atoms with Gasteiger partial charge in [-0.2, -0.15) is 0 Å². The molecule has 0 saturated carbocycles. The highest BCUT2D eigenvalue weighted by Crippen LogP contribution is 2.12. The Morgan fingerprint density at radius 3 is 2.58 bits per heavy atom. The number of phenolic OH excluding ortho intramolecular Hbond substituents is 1. The van der Waals surface area contributed by atoms with Gasteiger partial charge >= 0.3 is 5.97 Å². The molecule has 19 heavy (non-hydrogen) atoms. The van der Waals surface area contributed by atoms with E-state index < -0.39 is 0 Å². The summed E-state index contributed by atoms with van der Waals surface area (Å²) >= 11 is 0. The Balaban J connectivity index is 1.88. The Kier molecular flexibility index (Phi) is 4.03. The number of ether oxygens (including phenoxy) is 1. The summed E-state index contributed by atoms with van der Waals surface area (Å²) in [6.45, 7) is 0.148. The van der Waals surface area contributed by atoms with Crippen molar-refractivity contribution >= 4 is 11.7 Å². The van der Waals surface area contributed by atoms with Gasteiger partial charge in [-0.05, 0) is 35.4 Å². The molecular weight excluding hydrogens is 242 g/mol. The SMILES string of the molecule is Nc1cccc(CC(=O)OCc2cccc(O)c2)c1. The minimum atomic E-state index is -0.325. The summed E-state index contributed by atoms with van der Waals surface area (Å²) in [5, 5.41) is 9.29. The van der Waals surface area contributed by atoms with Crippen LogP contribution >= 0.6 is 0 Å². The molecule has 0 unspecified atom stereocenters. The van der Waals surface area contributed by atoms with Crippen LogP contribution < -0.4 is 5.73 Å². The third-order valence-electron chi connectivity index (χ3n) is 2.61. The van der Waals surface area contributed by atoms with Gasteiger partial charge in [0.15, 0.2) is 0 Å². The van der Waals surface area contributed by atoms with E-state index in [1.807, 2.05) is 6.07 Å². The normalized spacial score (nSPS) is 10.1. The lowest BCUT2D eigenvalue weighted by atomic mass is 10.1. The zero-order chi connectivity index (χ0) is 13.7. The zero-order valence-corrected chi connectivity index (χ0v) is 10.4. The van der Waals surface area contributed by atoms with Gasteiger partial charge in [-0.15, -0.1) is 0 Å². The van der Waals surface area contributed by atoms with E-state index in [-0.39, 0.29) is 24.7 Å². The van der Waals surface area contributed by atoms with Crippen LogP contribution in [0.15, 0.2) is 48.5 Å². The first-order valence-electron chi connectivity index (χ1n) is 5.91. The van der Waals surface area contributed by atoms with E-state index in [1.165, 1.54) is 0 Å². The van der Waals surface area contributed by atoms with Gasteiger partial charge in [0, 0.05) is 5.69 Å². The van der Waals surface area contributed by atoms with Crippen LogP contribution in [-0.4, -0.2) is 11.1 Å². The second-order valence-corrected chi connectivity index (χ2v) is 4.25. The summed E-state index contributed by atoms with van der Waals surface area (Å²) < 4.78 is 5.14. The Bertz CT molecular complexity index is 581. The number of benzene rings is 2. The maximum Gasteiger partial charge on any atom is 0.310 e. The molecule has 0 aliphatic carbocycles. The van der Waals surface area contributed by atoms with E-state index in [0.717, 1.165) is 11.1 Å². The average Bonchev–Trinajstić information content (AvgIpc) is 2.36. The van der Waals surface area contributed by atoms with Gasteiger partial charge < -0.3 is 15.6 Å². The van der Waals surface area contributed by atoms with E-state index in [4.69, 9.17) is 10.5 Å². The Morgan fingerprint density at radius 1 is 1.11 bits per heavy atom. The quantitative estimate of drug-likeness (QED) is 0.651. The van der Waals surface area contributed by atoms with Crippen LogP contribution in [0.5, 0.6) is 5.75 Å². The van der Waals surface area contributed by atoms with Crippen LogP contribution in [-0.2, 0) is 22.6 Å². The van der Waals surface area contributed by atoms with Gasteiger partial charge in [-0.3, -0.25) is 4.79 Å². The van der Waals surface area contributed by atoms with Crippen molar-refractivity contribution in [2.24, 2.45) is 0 Å². The van der Waals surface area contributed by atoms with Crippen molar-refractivity contribution in [3.05, 3.63) is 59.7 Å². The number of phenols is 1. The highest BCUT2D eigenvalue weighted by atomic mass is 16.5. The van der Waals surface area contributed by atoms with E-state index in [1.54, 1.807) is 42.5 Å². The van der Waals surface area contributed by atoms with E-state index in [2.05, 4.69) is 0 Å². The number of rotatable bonds is 4. The van der Waals surface area contributed by atoms with Gasteiger partial charge in [0.25, 0.3) is 0 Å². The second-order valence-electron chi connectivity index (χ2n) is 4.25. The second kappa shape index (κ2) is 5.91. The van der Waals surface area contributed by atoms with Gasteiger partial charge in [0.05, 0.1) is 6.42 Å². The highest BCUT2D eigenvalue weighted by Gasteiger charge is 2.05. The van der Waals surface area contributed by atoms with Crippen LogP contribution in [0.1, 0.15) is 11.1 Å². The first-order valence-corrected chi connectivity index (χ1v) is 5.91. The van der Waals surface area contributed by atoms with Crippen molar-refractivity contribution in [2.75, 3.05) is 5.73 Å². The van der Waals surface area contributed by atoms with E-state index in [0.29, 0.717) is 5.69 Å². The van der Waals surface area contributed by atoms with Gasteiger partial charge in [0.1, 0.15) is 12.4 Å². The summed E-state index contributed by atoms with van der Waals surface area (Å²) in [5.74, 6) is -0.168. The van der Waals surface area contributed by atoms with Gasteiger partial charge in [-0.1, -0.05) is 24.3 Å². The number of esters is 1. The number of hydrogen-bond acceptors (Lipinski definition) is 4. The average molecular weight is 257 g/mol. The first-order chi connectivity index (χ1) is 9.13. The smallest absolute Gasteiger partial charge is 0.310 e. The first kappa shape index (κ1) is 13.0. The van der Waals surface area contributed by atoms with Crippen molar-refractivity contribution in [3.63, 3.8) is 0 Å². The van der Waals surface area contributed by atoms with Crippen LogP contribution in [0.4, 0.5) is 5.69 Å². The molecule has 0 aliphatic rings. The monoisotopic (exact) mass is 257 g/mol. The van der Waals surface area contributed by atoms with Gasteiger partial charge in [-0.25, -0.2) is 0 Å². The zero-order valence-electron chi connectivity index (χ0n) is 10.4. The maximum absolute atomic E-state index is 11.7. The molecule has 0 heterocycles. The molecular formula is C15H15NO3. The fraction of sp³-hybridized carbons (Fsp3) is 0.133. The molecule has 0 fully saturated rings. The van der Waals surface area contributed by atoms with Gasteiger partial charge in [0.2, 0.25) is 0 Å². The number of carbonyl (C=O) groups excluding carboxylic acids is 1. The molecule has 2 aromatic carbocycles. The number of carbonyl (C=O) groups is 1. The summed E-state index contributed by atoms with van der Waals surface area (Å²) in [4.78, 5) is 11.7. The number of aromatic hydroxyl groups is 1. The van der Waals surface area contributed by atoms with Crippen molar-refractivity contribution in [3.8, 4) is 5.75 Å². The third kappa shape index (κ3) is 4.03. The molecule has 98 valence electrons. The highest BCUT2D eigenvalue weighted by molar-refractivity contribution is 5.73. The standard InChI is InChI=1S/C15H15NO3/c16-13-5-1-3-11(7-13)9-15(18)19-10-12-4-2-6-14(17)8-12/h1-8,17H,9-10,16H2. The summed E-state index contributed by atoms with van der Waals surface area (Å²) in [7, 11) is 0. The molecule has 2 rings (SSSR count). The molecule has 2 aromatic rings. The summed E-state index contributed by atoms with van der Waals surface area (Å²) in [5.41, 5.74) is 7.83. The van der Waals surface area contributed by atoms with Crippen molar-refractivity contribution < 1.29 is 14.6 Å². The number of hydrogen-bond donors (Lipinski definition) is 2. The molecule has 4 heteroatoms. The molecule has 0 amide bonds. The number of nitrogen functional groups attached to an aromatic ring is 1. The van der Waals surface area contributed by atoms with Crippen LogP contribution in [0.25, 0.3) is 0 Å². The summed E-state index contributed by atoms with van der Waals surface area (Å²) in [6, 6.07) is 13.8. The summed E-state index contributed by atoms with van der Waals surface area (Å²) in [6.07, 6.45) is 0.184. The van der Waals surface area contributed by atoms with Crippen molar-refractivity contribution in [1.29, 1.82) is 0 Å². The minimum absolute atomic E-state index is 0.148. The Labute approximate surface area is 111 Å². The fourth-order valence-electron chi connectivity index (χ4n) is 1.73. The van der Waals surface area contributed by atoms with Crippen molar-refractivity contribution in [1.82, 2.24) is 0 Å². The molecule has 0 radical (unpaired) electrons. The molecule has 0 bridgehead atoms. The van der Waals surface area contributed by atoms with Crippen LogP contribution in [0, 0.1) is 0 Å². The topological polar surface area (TPSA) is 72.6 Å². The molecule has 0 aliphatic heterocycles. The molecule has 0 saturated heterocycles. The maximum atomic E-state index is 11.7. The van der Waals surface area contributed by atoms with Crippen molar-refractivity contribution in [2.45, 2.75) is 13.0 Å². The number of anilines is 1. The molecule has 3 N–H and O–H groups in total. The van der Waals surface area contributed by atoms with E-state index in [9.17, 15) is 9.90 Å². The Morgan fingerprint density at radius 2 is 1.84 bits per heavy atom. The fourth-order valence-corrected chi connectivity index (χ4v) is 1.73. The molecule has 0 atom stereocenters. The number of nitrogens with two attached hydrogens (primary N) is 1. The lowest BCUT2D eigenvalue weighted by Crippen LogP contribution is -2.08. The predicted molar refractivity (Wildman–Crippen MR) is 72.5 cm³/mol. The lowest BCUT2D eigenvalue weighted by Gasteiger charge is -2.06. The third-order valence-corrected chi connectivity index (χ3v) is 2.61. The minimum Gasteiger partial charge on any atom is -0.508 e. The van der Waals surface area contributed by atoms with Crippen LogP contribution in [0.3, 0.4) is 0 Å². The lowest BCUT2D eigenvalue weighted by molar-refractivity contribution is -0.144. The predicted octanol–water partition coefficient (Wildman–Crippen LogP) is 2.26. The molecule has 4 nitrogen and oxygen atoms in total. The molecule has 0 aromatic heterocycles. The van der Waals surface area contributed by atoms with Crippen LogP contribution in [0.2, 0.25) is 0 Å². The van der Waals surface area contributed by atoms with E-state index >= 15 is 0 Å². The largest absolute Gasteiger partial charge is 0.508 e. The molecule has 0 spiro atoms.